The number of benzene rings is 2. The van der Waals surface area contributed by atoms with Crippen molar-refractivity contribution in [1.82, 2.24) is 15.2 Å². The highest BCUT2D eigenvalue weighted by Crippen LogP contribution is 2.21. The number of aryl methyl sites for hydroxylation is 2. The van der Waals surface area contributed by atoms with Gasteiger partial charge < -0.3 is 27.4 Å². The van der Waals surface area contributed by atoms with Gasteiger partial charge in [0.15, 0.2) is 0 Å². The first kappa shape index (κ1) is 30.5. The number of hydrogen-bond acceptors (Lipinski definition) is 6. The van der Waals surface area contributed by atoms with Gasteiger partial charge in [-0.2, -0.15) is 0 Å². The van der Waals surface area contributed by atoms with Crippen LogP contribution in [0.2, 0.25) is 0 Å². The molecule has 1 unspecified atom stereocenters. The number of nitrogens with two attached hydrogens (primary N) is 3. The fourth-order valence-corrected chi connectivity index (χ4v) is 3.95. The molecule has 6 nitrogen and oxygen atoms in total. The third kappa shape index (κ3) is 10.7. The number of rotatable bonds is 8. The van der Waals surface area contributed by atoms with Gasteiger partial charge in [-0.15, -0.1) is 0 Å². The van der Waals surface area contributed by atoms with E-state index in [1.165, 1.54) is 11.1 Å². The minimum absolute atomic E-state index is 0.384. The Labute approximate surface area is 227 Å². The Morgan fingerprint density at radius 3 is 2.26 bits per heavy atom. The number of nitrogens with zero attached hydrogens (tertiary/aromatic N) is 2. The number of pyridine rings is 1. The number of allylic oxidation sites excluding steroid dienone is 1. The molecular formula is C31H43FN6. The number of anilines is 1. The van der Waals surface area contributed by atoms with Crippen molar-refractivity contribution in [1.29, 1.82) is 0 Å². The summed E-state index contributed by atoms with van der Waals surface area (Å²) in [7, 11) is 1.81. The largest absolute Gasteiger partial charge is 0.394 e. The van der Waals surface area contributed by atoms with Crippen LogP contribution in [0.1, 0.15) is 47.0 Å². The Bertz CT molecular complexity index is 1110. The predicted molar refractivity (Wildman–Crippen MR) is 158 cm³/mol. The van der Waals surface area contributed by atoms with Crippen molar-refractivity contribution in [3.05, 3.63) is 120 Å². The first-order chi connectivity index (χ1) is 18.2. The van der Waals surface area contributed by atoms with Crippen LogP contribution in [0, 0.1) is 6.92 Å². The molecule has 1 aromatic heterocycles. The predicted octanol–water partition coefficient (Wildman–Crippen LogP) is 5.01. The second-order valence-corrected chi connectivity index (χ2v) is 9.32. The standard InChI is InChI=1S/C14H20FN3.C14H16N2.C3H7N/c1-10-3-5-12(14(16)17-10)6-4-11(2)18-8-7-13(15)9-18;15-14(16)13-8-6-12(7-9-13)10-11-4-2-1-3-5-11;1-3-4-2/h3,5,13H,2,4,6-9H2,1H3,(H2,16,17);1-9,14H,10,15-16H2;3-4H,1H2,2H3. The van der Waals surface area contributed by atoms with E-state index in [9.17, 15) is 4.39 Å². The van der Waals surface area contributed by atoms with Crippen LogP contribution in [0.3, 0.4) is 0 Å². The van der Waals surface area contributed by atoms with Gasteiger partial charge in [-0.25, -0.2) is 9.37 Å². The Hall–Kier alpha value is -3.68. The Kier molecular flexibility index (Phi) is 13.0. The Balaban J connectivity index is 0.000000235. The van der Waals surface area contributed by atoms with Gasteiger partial charge in [0.05, 0.1) is 6.17 Å². The van der Waals surface area contributed by atoms with Crippen molar-refractivity contribution in [2.24, 2.45) is 11.5 Å². The van der Waals surface area contributed by atoms with E-state index in [4.69, 9.17) is 17.2 Å². The maximum Gasteiger partial charge on any atom is 0.126 e. The molecule has 0 radical (unpaired) electrons. The van der Waals surface area contributed by atoms with Crippen LogP contribution in [0.4, 0.5) is 10.2 Å². The number of likely N-dealkylation sites (tertiary alicyclic amines) is 1. The van der Waals surface area contributed by atoms with Gasteiger partial charge in [-0.05, 0) is 67.1 Å². The monoisotopic (exact) mass is 518 g/mol. The second-order valence-electron chi connectivity index (χ2n) is 9.32. The molecule has 0 aliphatic carbocycles. The number of nitrogen functional groups attached to an aromatic ring is 1. The van der Waals surface area contributed by atoms with E-state index >= 15 is 0 Å². The molecule has 7 N–H and O–H groups in total. The van der Waals surface area contributed by atoms with Gasteiger partial charge in [-0.1, -0.05) is 73.8 Å². The molecule has 1 aliphatic rings. The zero-order valence-electron chi connectivity index (χ0n) is 22.7. The number of nitrogens with one attached hydrogen (secondary N) is 1. The minimum Gasteiger partial charge on any atom is -0.394 e. The molecule has 204 valence electrons. The molecule has 1 saturated heterocycles. The first-order valence-corrected chi connectivity index (χ1v) is 12.9. The van der Waals surface area contributed by atoms with Crippen molar-refractivity contribution in [2.45, 2.75) is 44.9 Å². The lowest BCUT2D eigenvalue weighted by Gasteiger charge is -2.20. The second kappa shape index (κ2) is 16.2. The molecular weight excluding hydrogens is 475 g/mol. The minimum atomic E-state index is -0.701. The van der Waals surface area contributed by atoms with E-state index in [2.05, 4.69) is 59.9 Å². The molecule has 3 aromatic rings. The average molecular weight is 519 g/mol. The molecule has 1 atom stereocenters. The lowest BCUT2D eigenvalue weighted by Crippen LogP contribution is -2.20. The normalized spacial score (nSPS) is 14.2. The van der Waals surface area contributed by atoms with Crippen molar-refractivity contribution in [2.75, 3.05) is 25.9 Å². The lowest BCUT2D eigenvalue weighted by atomic mass is 10.0. The zero-order valence-corrected chi connectivity index (χ0v) is 22.7. The highest BCUT2D eigenvalue weighted by atomic mass is 19.1. The van der Waals surface area contributed by atoms with Crippen molar-refractivity contribution in [3.8, 4) is 0 Å². The van der Waals surface area contributed by atoms with Crippen molar-refractivity contribution >= 4 is 5.82 Å². The highest BCUT2D eigenvalue weighted by molar-refractivity contribution is 5.40. The summed E-state index contributed by atoms with van der Waals surface area (Å²) >= 11 is 0. The molecule has 2 aromatic carbocycles. The maximum absolute atomic E-state index is 13.1. The molecule has 2 heterocycles. The van der Waals surface area contributed by atoms with Crippen LogP contribution in [0.15, 0.2) is 91.8 Å². The summed E-state index contributed by atoms with van der Waals surface area (Å²) in [6.45, 7) is 10.6. The summed E-state index contributed by atoms with van der Waals surface area (Å²) in [4.78, 5) is 6.27. The van der Waals surface area contributed by atoms with E-state index < -0.39 is 6.17 Å². The molecule has 4 rings (SSSR count). The molecule has 0 saturated carbocycles. The Morgan fingerprint density at radius 2 is 1.74 bits per heavy atom. The number of hydrogen-bond donors (Lipinski definition) is 4. The highest BCUT2D eigenvalue weighted by Gasteiger charge is 2.22. The summed E-state index contributed by atoms with van der Waals surface area (Å²) in [5, 5.41) is 2.69. The zero-order chi connectivity index (χ0) is 27.9. The molecule has 7 heteroatoms. The molecule has 1 fully saturated rings. The molecule has 1 aliphatic heterocycles. The number of alkyl halides is 1. The van der Waals surface area contributed by atoms with Gasteiger partial charge >= 0.3 is 0 Å². The van der Waals surface area contributed by atoms with E-state index in [1.54, 1.807) is 6.20 Å². The van der Waals surface area contributed by atoms with Crippen LogP contribution in [0.25, 0.3) is 0 Å². The van der Waals surface area contributed by atoms with E-state index in [0.717, 1.165) is 48.3 Å². The number of aromatic nitrogens is 1. The smallest absolute Gasteiger partial charge is 0.126 e. The Morgan fingerprint density at radius 1 is 1.11 bits per heavy atom. The van der Waals surface area contributed by atoms with Gasteiger partial charge in [0.1, 0.15) is 12.0 Å². The van der Waals surface area contributed by atoms with E-state index in [-0.39, 0.29) is 6.17 Å². The van der Waals surface area contributed by atoms with Gasteiger partial charge in [0, 0.05) is 31.5 Å². The fourth-order valence-electron chi connectivity index (χ4n) is 3.95. The van der Waals surface area contributed by atoms with Crippen LogP contribution >= 0.6 is 0 Å². The summed E-state index contributed by atoms with van der Waals surface area (Å²) < 4.78 is 13.1. The summed E-state index contributed by atoms with van der Waals surface area (Å²) in [6.07, 6.45) is 3.72. The van der Waals surface area contributed by atoms with E-state index in [1.807, 2.05) is 49.2 Å². The van der Waals surface area contributed by atoms with Crippen molar-refractivity contribution in [3.63, 3.8) is 0 Å². The SMILES string of the molecule is C=C(CCc1ccc(C)nc1N)N1CCC(F)C1.C=CNC.NC(N)c1ccc(Cc2ccccc2)cc1. The maximum atomic E-state index is 13.1. The lowest BCUT2D eigenvalue weighted by molar-refractivity contribution is 0.320. The average Bonchev–Trinajstić information content (AvgIpc) is 3.36. The third-order valence-electron chi connectivity index (χ3n) is 6.23. The molecule has 0 bridgehead atoms. The van der Waals surface area contributed by atoms with Crippen LogP contribution in [-0.2, 0) is 12.8 Å². The van der Waals surface area contributed by atoms with E-state index in [0.29, 0.717) is 18.8 Å². The van der Waals surface area contributed by atoms with Gasteiger partial charge in [-0.3, -0.25) is 0 Å². The molecule has 0 amide bonds. The third-order valence-corrected chi connectivity index (χ3v) is 6.23. The topological polar surface area (TPSA) is 106 Å². The van der Waals surface area contributed by atoms with Crippen LogP contribution in [0.5, 0.6) is 0 Å². The van der Waals surface area contributed by atoms with Gasteiger partial charge in [0.2, 0.25) is 0 Å². The van der Waals surface area contributed by atoms with Crippen LogP contribution in [-0.4, -0.2) is 36.2 Å². The van der Waals surface area contributed by atoms with Crippen LogP contribution < -0.4 is 22.5 Å². The summed E-state index contributed by atoms with van der Waals surface area (Å²) in [5.74, 6) is 0.590. The molecule has 0 spiro atoms. The number of halogens is 1. The first-order valence-electron chi connectivity index (χ1n) is 12.9. The molecule has 38 heavy (non-hydrogen) atoms. The summed E-state index contributed by atoms with van der Waals surface area (Å²) in [5.41, 5.74) is 23.6. The fraction of sp³-hybridized carbons (Fsp3) is 0.323. The quantitative estimate of drug-likeness (QED) is 0.313. The summed E-state index contributed by atoms with van der Waals surface area (Å²) in [6, 6.07) is 22.5. The van der Waals surface area contributed by atoms with Gasteiger partial charge in [0.25, 0.3) is 0 Å². The van der Waals surface area contributed by atoms with Crippen molar-refractivity contribution < 1.29 is 4.39 Å².